The first-order chi connectivity index (χ1) is 19.5. The third-order valence-electron chi connectivity index (χ3n) is 7.22. The van der Waals surface area contributed by atoms with E-state index >= 15 is 4.39 Å². The van der Waals surface area contributed by atoms with Crippen molar-refractivity contribution in [3.63, 3.8) is 0 Å². The lowest BCUT2D eigenvalue weighted by atomic mass is 9.89. The zero-order chi connectivity index (χ0) is 29.7. The maximum absolute atomic E-state index is 15.1. The van der Waals surface area contributed by atoms with E-state index in [1.807, 2.05) is 44.2 Å². The number of alkyl halides is 3. The molecule has 1 fully saturated rings. The zero-order valence-corrected chi connectivity index (χ0v) is 23.1. The number of rotatable bonds is 7. The molecule has 2 heterocycles. The molecule has 2 aliphatic heterocycles. The van der Waals surface area contributed by atoms with Crippen molar-refractivity contribution < 1.29 is 22.4 Å². The number of nitrogens with zero attached hydrogens (tertiary/aromatic N) is 3. The molecule has 0 aliphatic carbocycles. The summed E-state index contributed by atoms with van der Waals surface area (Å²) in [5, 5.41) is 12.8. The van der Waals surface area contributed by atoms with E-state index in [-0.39, 0.29) is 30.2 Å². The highest BCUT2D eigenvalue weighted by molar-refractivity contribution is 5.97. The molecule has 2 aromatic rings. The fourth-order valence-corrected chi connectivity index (χ4v) is 5.06. The van der Waals surface area contributed by atoms with E-state index in [9.17, 15) is 23.2 Å². The Morgan fingerprint density at radius 1 is 1.20 bits per heavy atom. The number of unbranched alkanes of at least 4 members (excludes halogenated alkanes) is 1. The Morgan fingerprint density at radius 3 is 2.61 bits per heavy atom. The molecule has 5 nitrogen and oxygen atoms in total. The lowest BCUT2D eigenvalue weighted by Crippen LogP contribution is -2.58. The summed E-state index contributed by atoms with van der Waals surface area (Å²) in [6.45, 7) is 7.59. The minimum absolute atomic E-state index is 0.0308. The average Bonchev–Trinajstić information content (AvgIpc) is 2.95. The van der Waals surface area contributed by atoms with Gasteiger partial charge in [0.25, 0.3) is 5.91 Å². The summed E-state index contributed by atoms with van der Waals surface area (Å²) in [7, 11) is 0. The van der Waals surface area contributed by atoms with Crippen molar-refractivity contribution in [2.24, 2.45) is 0 Å². The van der Waals surface area contributed by atoms with Crippen molar-refractivity contribution in [1.29, 1.82) is 5.26 Å². The number of nitrogens with one attached hydrogen (secondary N) is 1. The third kappa shape index (κ3) is 6.60. The average molecular weight is 565 g/mol. The van der Waals surface area contributed by atoms with Gasteiger partial charge >= 0.3 is 6.18 Å². The van der Waals surface area contributed by atoms with Crippen molar-refractivity contribution in [3.8, 4) is 17.2 Å². The smallest absolute Gasteiger partial charge is 0.335 e. The van der Waals surface area contributed by atoms with Crippen LogP contribution in [0.5, 0.6) is 0 Å². The molecule has 4 rings (SSSR count). The maximum atomic E-state index is 15.1. The normalized spacial score (nSPS) is 18.1. The second kappa shape index (κ2) is 12.6. The predicted molar refractivity (Wildman–Crippen MR) is 151 cm³/mol. The summed E-state index contributed by atoms with van der Waals surface area (Å²) in [6.07, 6.45) is 2.22. The van der Waals surface area contributed by atoms with E-state index in [0.717, 1.165) is 18.4 Å². The number of benzene rings is 2. The van der Waals surface area contributed by atoms with E-state index in [4.69, 9.17) is 0 Å². The summed E-state index contributed by atoms with van der Waals surface area (Å²) in [5.74, 6) is -0.897. The second-order valence-electron chi connectivity index (χ2n) is 10.1. The molecule has 1 N–H and O–H groups in total. The summed E-state index contributed by atoms with van der Waals surface area (Å²) in [6, 6.07) is 12.9. The first-order valence-corrected chi connectivity index (χ1v) is 13.5. The molecule has 214 valence electrons. The number of carbonyl (C=O) groups is 1. The highest BCUT2D eigenvalue weighted by Crippen LogP contribution is 2.37. The summed E-state index contributed by atoms with van der Waals surface area (Å²) < 4.78 is 54.8. The Hall–Kier alpha value is -4.16. The van der Waals surface area contributed by atoms with Crippen LogP contribution >= 0.6 is 0 Å². The molecule has 2 aromatic carbocycles. The molecule has 0 bridgehead atoms. The predicted octanol–water partition coefficient (Wildman–Crippen LogP) is 6.86. The van der Waals surface area contributed by atoms with Crippen molar-refractivity contribution in [1.82, 2.24) is 15.1 Å². The summed E-state index contributed by atoms with van der Waals surface area (Å²) in [4.78, 5) is 15.9. The Balaban J connectivity index is 1.69. The van der Waals surface area contributed by atoms with E-state index in [0.29, 0.717) is 34.4 Å². The lowest BCUT2D eigenvalue weighted by Gasteiger charge is -2.35. The Morgan fingerprint density at radius 2 is 1.95 bits per heavy atom. The first kappa shape index (κ1) is 29.8. The van der Waals surface area contributed by atoms with E-state index in [2.05, 4.69) is 18.0 Å². The van der Waals surface area contributed by atoms with Crippen LogP contribution in [0.4, 0.5) is 17.6 Å². The maximum Gasteiger partial charge on any atom is 0.405 e. The van der Waals surface area contributed by atoms with Crippen LogP contribution in [0, 0.1) is 24.1 Å². The van der Waals surface area contributed by atoms with Gasteiger partial charge in [0, 0.05) is 42.7 Å². The minimum atomic E-state index is -4.46. The van der Waals surface area contributed by atoms with Gasteiger partial charge < -0.3 is 15.1 Å². The number of hydrogen-bond donors (Lipinski definition) is 1. The number of halogens is 4. The third-order valence-corrected chi connectivity index (χ3v) is 7.22. The van der Waals surface area contributed by atoms with Crippen LogP contribution in [0.1, 0.15) is 37.3 Å². The molecule has 1 atom stereocenters. The van der Waals surface area contributed by atoms with Crippen LogP contribution in [0.2, 0.25) is 0 Å². The van der Waals surface area contributed by atoms with E-state index in [1.165, 1.54) is 23.1 Å². The SMILES string of the molecule is C=C1C=C(C(=O)N2CCNC(C(F)(F)F)C2)C=CN1/C(C#N)=C(\CCCC)c1ccccc1-c1ccc(C)cc1F. The van der Waals surface area contributed by atoms with Gasteiger partial charge in [0.2, 0.25) is 0 Å². The Labute approximate surface area is 237 Å². The number of allylic oxidation sites excluding steroid dienone is 3. The Bertz CT molecular complexity index is 1460. The van der Waals surface area contributed by atoms with Crippen LogP contribution in [-0.2, 0) is 4.79 Å². The molecule has 0 radical (unpaired) electrons. The molecule has 1 saturated heterocycles. The van der Waals surface area contributed by atoms with Crippen molar-refractivity contribution in [2.75, 3.05) is 19.6 Å². The van der Waals surface area contributed by atoms with Gasteiger partial charge in [-0.05, 0) is 60.2 Å². The van der Waals surface area contributed by atoms with Crippen molar-refractivity contribution >= 4 is 11.5 Å². The molecular formula is C32H32F4N4O. The lowest BCUT2D eigenvalue weighted by molar-refractivity contribution is -0.167. The monoisotopic (exact) mass is 564 g/mol. The number of aryl methyl sites for hydroxylation is 1. The first-order valence-electron chi connectivity index (χ1n) is 13.5. The highest BCUT2D eigenvalue weighted by atomic mass is 19.4. The molecule has 0 aromatic heterocycles. The van der Waals surface area contributed by atoms with Crippen LogP contribution in [0.15, 0.2) is 84.4 Å². The molecule has 1 unspecified atom stereocenters. The van der Waals surface area contributed by atoms with E-state index < -0.39 is 24.7 Å². The van der Waals surface area contributed by atoms with Crippen molar-refractivity contribution in [3.05, 3.63) is 101 Å². The molecule has 9 heteroatoms. The van der Waals surface area contributed by atoms with Gasteiger partial charge in [0.1, 0.15) is 23.6 Å². The largest absolute Gasteiger partial charge is 0.405 e. The quantitative estimate of drug-likeness (QED) is 0.295. The van der Waals surface area contributed by atoms with Crippen LogP contribution < -0.4 is 5.32 Å². The number of hydrogen-bond acceptors (Lipinski definition) is 4. The van der Waals surface area contributed by atoms with Gasteiger partial charge in [0.15, 0.2) is 0 Å². The fourth-order valence-electron chi connectivity index (χ4n) is 5.06. The van der Waals surface area contributed by atoms with Gasteiger partial charge in [0.05, 0.1) is 0 Å². The minimum Gasteiger partial charge on any atom is -0.335 e. The van der Waals surface area contributed by atoms with Crippen LogP contribution in [-0.4, -0.2) is 47.6 Å². The standard InChI is InChI=1S/C32H32F4N4O/c1-4-5-8-27(25-10-7-6-9-24(25)26-12-11-21(2)17-28(26)33)29(19-37)40-15-13-23(18-22(40)3)31(41)39-16-14-38-30(20-39)32(34,35)36/h6-7,9-13,15,17-18,30,38H,3-5,8,14,16,20H2,1-2H3/b29-27+. The van der Waals surface area contributed by atoms with E-state index in [1.54, 1.807) is 17.2 Å². The van der Waals surface area contributed by atoms with Gasteiger partial charge in [-0.3, -0.25) is 4.79 Å². The van der Waals surface area contributed by atoms with Gasteiger partial charge in [-0.25, -0.2) is 4.39 Å². The van der Waals surface area contributed by atoms with Gasteiger partial charge in [-0.2, -0.15) is 18.4 Å². The van der Waals surface area contributed by atoms with Crippen LogP contribution in [0.25, 0.3) is 16.7 Å². The topological polar surface area (TPSA) is 59.4 Å². The fraction of sp³-hybridized carbons (Fsp3) is 0.312. The Kier molecular flexibility index (Phi) is 9.14. The second-order valence-corrected chi connectivity index (χ2v) is 10.1. The summed E-state index contributed by atoms with van der Waals surface area (Å²) >= 11 is 0. The molecule has 41 heavy (non-hydrogen) atoms. The zero-order valence-electron chi connectivity index (χ0n) is 23.1. The number of amides is 1. The number of nitriles is 1. The van der Waals surface area contributed by atoms with Crippen LogP contribution in [0.3, 0.4) is 0 Å². The van der Waals surface area contributed by atoms with Gasteiger partial charge in [-0.15, -0.1) is 0 Å². The van der Waals surface area contributed by atoms with Crippen molar-refractivity contribution in [2.45, 2.75) is 45.3 Å². The molecular weight excluding hydrogens is 532 g/mol. The number of piperazine rings is 1. The highest BCUT2D eigenvalue weighted by Gasteiger charge is 2.43. The van der Waals surface area contributed by atoms with Gasteiger partial charge in [-0.1, -0.05) is 56.3 Å². The molecule has 1 amide bonds. The number of carbonyl (C=O) groups excluding carboxylic acids is 1. The molecule has 2 aliphatic rings. The summed E-state index contributed by atoms with van der Waals surface area (Å²) in [5.41, 5.74) is 4.07. The molecule has 0 spiro atoms. The molecule has 0 saturated carbocycles.